The first kappa shape index (κ1) is 39.7. The topological polar surface area (TPSA) is 122 Å². The van der Waals surface area contributed by atoms with Gasteiger partial charge in [0, 0.05) is 55.2 Å². The number of rotatable bonds is 10. The van der Waals surface area contributed by atoms with E-state index in [1.807, 2.05) is 24.3 Å². The lowest BCUT2D eigenvalue weighted by Gasteiger charge is -2.30. The van der Waals surface area contributed by atoms with Gasteiger partial charge in [0.15, 0.2) is 11.6 Å². The van der Waals surface area contributed by atoms with E-state index in [4.69, 9.17) is 0 Å². The van der Waals surface area contributed by atoms with Crippen LogP contribution in [0.1, 0.15) is 90.9 Å². The fourth-order valence-electron chi connectivity index (χ4n) is 8.78. The largest absolute Gasteiger partial charge is 0.392 e. The molecule has 0 saturated carbocycles. The molecule has 2 aliphatic heterocycles. The van der Waals surface area contributed by atoms with Crippen molar-refractivity contribution in [2.45, 2.75) is 78.0 Å². The van der Waals surface area contributed by atoms with Crippen molar-refractivity contribution in [1.82, 2.24) is 9.80 Å². The highest BCUT2D eigenvalue weighted by molar-refractivity contribution is 6.13. The molecule has 0 aromatic heterocycles. The first-order chi connectivity index (χ1) is 27.3. The predicted octanol–water partition coefficient (Wildman–Crippen LogP) is 6.50. The van der Waals surface area contributed by atoms with Crippen LogP contribution in [0.4, 0.5) is 0 Å². The number of benzene rings is 4. The Bertz CT molecular complexity index is 2060. The van der Waals surface area contributed by atoms with E-state index >= 15 is 0 Å². The molecule has 0 bridgehead atoms. The van der Waals surface area contributed by atoms with Crippen molar-refractivity contribution in [2.75, 3.05) is 26.2 Å². The van der Waals surface area contributed by atoms with Gasteiger partial charge in [0.25, 0.3) is 0 Å². The van der Waals surface area contributed by atoms with E-state index in [2.05, 4.69) is 70.5 Å². The molecule has 4 aromatic carbocycles. The number of carbonyl (C=O) groups excluding carboxylic acids is 2. The number of piperidine rings is 2. The van der Waals surface area contributed by atoms with Crippen LogP contribution in [0, 0.1) is 11.8 Å². The number of hydrogen-bond donors (Lipinski definition) is 4. The van der Waals surface area contributed by atoms with Crippen LogP contribution in [0.15, 0.2) is 108 Å². The SMILES string of the molecule is O=C1/C(=C\C2CCN(Cc3ccccc3)CC2)Cc2cc(CO)c(CO)cc21.O=C1c2cc(CO)c(CO)cc2CC1C=C1CCN(Cc2ccccc2)CC1. The summed E-state index contributed by atoms with van der Waals surface area (Å²) >= 11 is 0. The summed E-state index contributed by atoms with van der Waals surface area (Å²) in [5, 5.41) is 37.9. The van der Waals surface area contributed by atoms with Crippen molar-refractivity contribution in [3.8, 4) is 0 Å². The quantitative estimate of drug-likeness (QED) is 0.107. The lowest BCUT2D eigenvalue weighted by Crippen LogP contribution is -2.32. The van der Waals surface area contributed by atoms with Crippen molar-refractivity contribution < 1.29 is 30.0 Å². The highest BCUT2D eigenvalue weighted by Gasteiger charge is 2.31. The summed E-state index contributed by atoms with van der Waals surface area (Å²) in [6, 6.07) is 28.4. The molecule has 56 heavy (non-hydrogen) atoms. The monoisotopic (exact) mass is 754 g/mol. The second-order valence-corrected chi connectivity index (χ2v) is 15.7. The molecule has 1 atom stereocenters. The number of nitrogens with zero attached hydrogens (tertiary/aromatic N) is 2. The number of aliphatic hydroxyl groups excluding tert-OH is 4. The lowest BCUT2D eigenvalue weighted by atomic mass is 9.93. The molecule has 1 unspecified atom stereocenters. The fraction of sp³-hybridized carbons (Fsp3) is 0.375. The minimum Gasteiger partial charge on any atom is -0.392 e. The van der Waals surface area contributed by atoms with Gasteiger partial charge in [-0.25, -0.2) is 0 Å². The van der Waals surface area contributed by atoms with Gasteiger partial charge < -0.3 is 20.4 Å². The van der Waals surface area contributed by atoms with Gasteiger partial charge in [-0.15, -0.1) is 0 Å². The Morgan fingerprint density at radius 1 is 0.589 bits per heavy atom. The van der Waals surface area contributed by atoms with Crippen LogP contribution in [-0.2, 0) is 52.4 Å². The third-order valence-corrected chi connectivity index (χ3v) is 12.0. The second kappa shape index (κ2) is 18.6. The van der Waals surface area contributed by atoms with Crippen LogP contribution in [0.3, 0.4) is 0 Å². The molecule has 0 amide bonds. The molecule has 2 heterocycles. The standard InChI is InChI=1S/2C24H27NO3/c2*26-15-21-12-19-11-20(24(28)23(19)13-22(21)16-27)10-17-6-8-25(9-7-17)14-18-4-2-1-3-5-18/h1-5,10,12-13,20,26-27H,6-9,11,14-16H2;1-5,10,12-13,17,26-27H,6-9,11,14-16H2/b;20-10-. The number of allylic oxidation sites excluding steroid dienone is 3. The number of ketones is 2. The molecule has 4 aromatic rings. The molecule has 292 valence electrons. The summed E-state index contributed by atoms with van der Waals surface area (Å²) in [5.74, 6) is 0.565. The Morgan fingerprint density at radius 3 is 1.64 bits per heavy atom. The molecule has 0 radical (unpaired) electrons. The second-order valence-electron chi connectivity index (χ2n) is 15.7. The maximum Gasteiger partial charge on any atom is 0.189 e. The first-order valence-corrected chi connectivity index (χ1v) is 20.1. The highest BCUT2D eigenvalue weighted by Crippen LogP contribution is 2.34. The third kappa shape index (κ3) is 9.35. The van der Waals surface area contributed by atoms with E-state index in [1.165, 1.54) is 16.7 Å². The van der Waals surface area contributed by atoms with Gasteiger partial charge in [-0.05, 0) is 108 Å². The third-order valence-electron chi connectivity index (χ3n) is 12.0. The van der Waals surface area contributed by atoms with Crippen LogP contribution < -0.4 is 0 Å². The predicted molar refractivity (Wildman–Crippen MR) is 218 cm³/mol. The summed E-state index contributed by atoms with van der Waals surface area (Å²) in [6.45, 7) is 5.58. The lowest BCUT2D eigenvalue weighted by molar-refractivity contribution is 0.0958. The molecular weight excluding hydrogens is 701 g/mol. The molecule has 2 saturated heterocycles. The Balaban J connectivity index is 0.000000172. The smallest absolute Gasteiger partial charge is 0.189 e. The van der Waals surface area contributed by atoms with Crippen LogP contribution in [-0.4, -0.2) is 68.0 Å². The molecule has 8 heteroatoms. The van der Waals surface area contributed by atoms with Gasteiger partial charge in [-0.3, -0.25) is 19.4 Å². The summed E-state index contributed by atoms with van der Waals surface area (Å²) in [7, 11) is 0. The zero-order chi connectivity index (χ0) is 39.0. The van der Waals surface area contributed by atoms with Crippen molar-refractivity contribution in [3.63, 3.8) is 0 Å². The molecule has 2 aliphatic carbocycles. The summed E-state index contributed by atoms with van der Waals surface area (Å²) in [4.78, 5) is 30.6. The minimum atomic E-state index is -0.157. The van der Waals surface area contributed by atoms with E-state index < -0.39 is 0 Å². The number of hydrogen-bond acceptors (Lipinski definition) is 8. The maximum atomic E-state index is 12.8. The number of carbonyl (C=O) groups is 2. The Hall–Kier alpha value is -4.54. The van der Waals surface area contributed by atoms with Crippen molar-refractivity contribution in [3.05, 3.63) is 164 Å². The molecule has 4 aliphatic rings. The van der Waals surface area contributed by atoms with Gasteiger partial charge in [0.05, 0.1) is 26.4 Å². The fourth-order valence-corrected chi connectivity index (χ4v) is 8.78. The van der Waals surface area contributed by atoms with Crippen LogP contribution in [0.25, 0.3) is 0 Å². The van der Waals surface area contributed by atoms with Gasteiger partial charge >= 0.3 is 0 Å². The molecule has 0 spiro atoms. The van der Waals surface area contributed by atoms with Gasteiger partial charge in [-0.1, -0.05) is 90.5 Å². The average Bonchev–Trinajstić information content (AvgIpc) is 3.71. The van der Waals surface area contributed by atoms with Crippen molar-refractivity contribution >= 4 is 11.6 Å². The van der Waals surface area contributed by atoms with Gasteiger partial charge in [0.2, 0.25) is 0 Å². The average molecular weight is 755 g/mol. The number of likely N-dealkylation sites (tertiary alicyclic amines) is 2. The normalized spacial score (nSPS) is 19.5. The Morgan fingerprint density at radius 2 is 1.09 bits per heavy atom. The van der Waals surface area contributed by atoms with Gasteiger partial charge in [0.1, 0.15) is 0 Å². The molecule has 4 N–H and O–H groups in total. The van der Waals surface area contributed by atoms with Gasteiger partial charge in [-0.2, -0.15) is 0 Å². The zero-order valence-corrected chi connectivity index (χ0v) is 32.2. The maximum absolute atomic E-state index is 12.8. The Labute approximate surface area is 330 Å². The van der Waals surface area contributed by atoms with E-state index in [9.17, 15) is 30.0 Å². The van der Waals surface area contributed by atoms with Crippen molar-refractivity contribution in [2.24, 2.45) is 11.8 Å². The summed E-state index contributed by atoms with van der Waals surface area (Å²) < 4.78 is 0. The minimum absolute atomic E-state index is 0.0842. The van der Waals surface area contributed by atoms with E-state index in [0.717, 1.165) is 87.2 Å². The van der Waals surface area contributed by atoms with E-state index in [1.54, 1.807) is 12.1 Å². The molecule has 8 rings (SSSR count). The van der Waals surface area contributed by atoms with E-state index in [0.29, 0.717) is 46.6 Å². The molecular formula is C48H54N2O6. The first-order valence-electron chi connectivity index (χ1n) is 20.1. The summed E-state index contributed by atoms with van der Waals surface area (Å²) in [5.41, 5.74) is 11.0. The Kier molecular flexibility index (Phi) is 13.2. The number of Topliss-reactive ketones (excluding diaryl/α,β-unsaturated/α-hetero) is 2. The number of aliphatic hydroxyl groups is 4. The van der Waals surface area contributed by atoms with Crippen LogP contribution in [0.5, 0.6) is 0 Å². The summed E-state index contributed by atoms with van der Waals surface area (Å²) in [6.07, 6.45) is 9.86. The van der Waals surface area contributed by atoms with E-state index in [-0.39, 0.29) is 43.9 Å². The van der Waals surface area contributed by atoms with Crippen LogP contribution in [0.2, 0.25) is 0 Å². The number of fused-ring (bicyclic) bond motifs is 2. The molecule has 2 fully saturated rings. The highest BCUT2D eigenvalue weighted by atomic mass is 16.3. The molecule has 8 nitrogen and oxygen atoms in total. The van der Waals surface area contributed by atoms with Crippen LogP contribution >= 0.6 is 0 Å². The van der Waals surface area contributed by atoms with Crippen molar-refractivity contribution in [1.29, 1.82) is 0 Å². The zero-order valence-electron chi connectivity index (χ0n) is 32.2.